The lowest BCUT2D eigenvalue weighted by molar-refractivity contribution is 0.818. The molecule has 0 bridgehead atoms. The smallest absolute Gasteiger partial charge is 0.181 e. The molecule has 3 N–H and O–H groups in total. The number of rotatable bonds is 9. The first-order valence-corrected chi connectivity index (χ1v) is 14.3. The molecule has 0 unspecified atom stereocenters. The molecule has 0 spiro atoms. The van der Waals surface area contributed by atoms with E-state index in [0.29, 0.717) is 5.65 Å². The average Bonchev–Trinajstić information content (AvgIpc) is 3.34. The van der Waals surface area contributed by atoms with Crippen LogP contribution in [-0.4, -0.2) is 25.1 Å². The largest absolute Gasteiger partial charge is 0.359 e. The van der Waals surface area contributed by atoms with Crippen LogP contribution in [0.4, 0.5) is 0 Å². The predicted octanol–water partition coefficient (Wildman–Crippen LogP) is 8.45. The number of aromatic amines is 2. The fourth-order valence-corrected chi connectivity index (χ4v) is 5.89. The first-order valence-electron chi connectivity index (χ1n) is 13.5. The second-order valence-corrected chi connectivity index (χ2v) is 11.2. The maximum absolute atomic E-state index is 4.68. The van der Waals surface area contributed by atoms with Crippen LogP contribution in [0.3, 0.4) is 0 Å². The van der Waals surface area contributed by atoms with Gasteiger partial charge in [0.25, 0.3) is 0 Å². The Labute approximate surface area is 232 Å². The highest BCUT2D eigenvalue weighted by Gasteiger charge is 2.18. The second kappa shape index (κ2) is 10.5. The van der Waals surface area contributed by atoms with Gasteiger partial charge in [-0.3, -0.25) is 5.10 Å². The van der Waals surface area contributed by atoms with Crippen molar-refractivity contribution < 1.29 is 0 Å². The van der Waals surface area contributed by atoms with Crippen LogP contribution in [0.15, 0.2) is 84.5 Å². The Hall–Kier alpha value is -4.23. The molecule has 5 aromatic rings. The lowest BCUT2D eigenvalue weighted by atomic mass is 10.0. The van der Waals surface area contributed by atoms with E-state index in [1.54, 1.807) is 11.3 Å². The number of pyridine rings is 2. The SMILES string of the molecule is C=C/C(=C\C(=C/C)c1cnc2n[nH]c(-c3cc4c(-c5ccc(C)s5)ccnc4[nH]3)c2c1)NC(CCC)=C1CC1. The highest BCUT2D eigenvalue weighted by Crippen LogP contribution is 2.36. The first-order chi connectivity index (χ1) is 19.1. The number of thiophene rings is 1. The molecule has 1 fully saturated rings. The quantitative estimate of drug-likeness (QED) is 0.166. The van der Waals surface area contributed by atoms with E-state index >= 15 is 0 Å². The van der Waals surface area contributed by atoms with E-state index in [0.717, 1.165) is 57.5 Å². The molecule has 6 nitrogen and oxygen atoms in total. The fourth-order valence-electron chi connectivity index (χ4n) is 4.98. The van der Waals surface area contributed by atoms with Gasteiger partial charge in [-0.05, 0) is 81.2 Å². The van der Waals surface area contributed by atoms with Crippen molar-refractivity contribution >= 4 is 39.0 Å². The minimum atomic E-state index is 0.680. The molecule has 0 radical (unpaired) electrons. The highest BCUT2D eigenvalue weighted by molar-refractivity contribution is 7.15. The van der Waals surface area contributed by atoms with Crippen molar-refractivity contribution in [2.24, 2.45) is 0 Å². The van der Waals surface area contributed by atoms with Crippen molar-refractivity contribution in [1.82, 2.24) is 30.5 Å². The van der Waals surface area contributed by atoms with Crippen molar-refractivity contribution in [3.8, 4) is 21.8 Å². The lowest BCUT2D eigenvalue weighted by Gasteiger charge is -2.12. The molecule has 0 aliphatic heterocycles. The van der Waals surface area contributed by atoms with Gasteiger partial charge < -0.3 is 10.3 Å². The van der Waals surface area contributed by atoms with E-state index in [4.69, 9.17) is 0 Å². The summed E-state index contributed by atoms with van der Waals surface area (Å²) in [5, 5.41) is 13.4. The van der Waals surface area contributed by atoms with Crippen LogP contribution in [0.2, 0.25) is 0 Å². The molecule has 1 aliphatic rings. The summed E-state index contributed by atoms with van der Waals surface area (Å²) < 4.78 is 0. The van der Waals surface area contributed by atoms with E-state index in [-0.39, 0.29) is 0 Å². The molecule has 196 valence electrons. The summed E-state index contributed by atoms with van der Waals surface area (Å²) in [7, 11) is 0. The van der Waals surface area contributed by atoms with Gasteiger partial charge in [0.15, 0.2) is 5.65 Å². The number of nitrogens with one attached hydrogen (secondary N) is 3. The van der Waals surface area contributed by atoms with Gasteiger partial charge in [0.2, 0.25) is 0 Å². The predicted molar refractivity (Wildman–Crippen MR) is 163 cm³/mol. The minimum Gasteiger partial charge on any atom is -0.359 e. The zero-order valence-electron chi connectivity index (χ0n) is 22.6. The van der Waals surface area contributed by atoms with Crippen LogP contribution in [0, 0.1) is 6.92 Å². The topological polar surface area (TPSA) is 82.3 Å². The van der Waals surface area contributed by atoms with Crippen molar-refractivity contribution in [2.45, 2.75) is 46.5 Å². The Bertz CT molecular complexity index is 1790. The Kier molecular flexibility index (Phi) is 6.75. The molecule has 1 saturated carbocycles. The summed E-state index contributed by atoms with van der Waals surface area (Å²) in [5.41, 5.74) is 10.5. The van der Waals surface area contributed by atoms with Crippen molar-refractivity contribution in [3.63, 3.8) is 0 Å². The molecule has 0 saturated heterocycles. The third kappa shape index (κ3) is 4.98. The van der Waals surface area contributed by atoms with Crippen molar-refractivity contribution in [1.29, 1.82) is 0 Å². The number of H-pyrrole nitrogens is 2. The number of fused-ring (bicyclic) bond motifs is 2. The summed E-state index contributed by atoms with van der Waals surface area (Å²) >= 11 is 1.79. The zero-order valence-corrected chi connectivity index (χ0v) is 23.4. The van der Waals surface area contributed by atoms with Gasteiger partial charge in [-0.25, -0.2) is 9.97 Å². The van der Waals surface area contributed by atoms with Crippen LogP contribution in [-0.2, 0) is 0 Å². The Morgan fingerprint density at radius 1 is 1.15 bits per heavy atom. The summed E-state index contributed by atoms with van der Waals surface area (Å²) in [6, 6.07) is 10.7. The summed E-state index contributed by atoms with van der Waals surface area (Å²) in [6.07, 6.45) is 14.5. The molecule has 0 atom stereocenters. The van der Waals surface area contributed by atoms with Crippen molar-refractivity contribution in [2.75, 3.05) is 0 Å². The van der Waals surface area contributed by atoms with E-state index in [1.807, 2.05) is 18.5 Å². The maximum Gasteiger partial charge on any atom is 0.181 e. The van der Waals surface area contributed by atoms with Crippen LogP contribution in [0.25, 0.3) is 49.5 Å². The van der Waals surface area contributed by atoms with Gasteiger partial charge in [-0.1, -0.05) is 31.6 Å². The molecular formula is C32H32N6S. The second-order valence-electron chi connectivity index (χ2n) is 9.91. The maximum atomic E-state index is 4.68. The average molecular weight is 533 g/mol. The Balaban J connectivity index is 1.37. The van der Waals surface area contributed by atoms with Crippen LogP contribution >= 0.6 is 11.3 Å². The third-order valence-electron chi connectivity index (χ3n) is 7.11. The number of nitrogens with zero attached hydrogens (tertiary/aromatic N) is 3. The standard InChI is InChI=1S/C32H32N6S/c1-5-8-27(21-10-11-21)35-23(7-3)15-20(6-2)22-16-26-30(37-38-32(26)34-18-22)28-17-25-24(13-14-33-31(25)36-28)29-12-9-19(4)39-29/h6-7,9,12-18,35H,3,5,8,10-11H2,1-2,4H3,(H,33,36)(H,34,37,38)/b20-6+,23-15+. The van der Waals surface area contributed by atoms with E-state index in [1.165, 1.54) is 39.4 Å². The van der Waals surface area contributed by atoms with Gasteiger partial charge in [-0.15, -0.1) is 11.3 Å². The number of hydrogen-bond donors (Lipinski definition) is 3. The Morgan fingerprint density at radius 2 is 2.03 bits per heavy atom. The number of allylic oxidation sites excluding steroid dienone is 6. The van der Waals surface area contributed by atoms with Crippen LogP contribution in [0.5, 0.6) is 0 Å². The Morgan fingerprint density at radius 3 is 2.74 bits per heavy atom. The van der Waals surface area contributed by atoms with E-state index in [2.05, 4.69) is 100 Å². The molecule has 0 amide bonds. The monoisotopic (exact) mass is 532 g/mol. The lowest BCUT2D eigenvalue weighted by Crippen LogP contribution is -2.11. The van der Waals surface area contributed by atoms with Gasteiger partial charge >= 0.3 is 0 Å². The molecule has 5 heterocycles. The number of aromatic nitrogens is 5. The van der Waals surface area contributed by atoms with E-state index < -0.39 is 0 Å². The van der Waals surface area contributed by atoms with Crippen molar-refractivity contribution in [3.05, 3.63) is 94.9 Å². The molecule has 39 heavy (non-hydrogen) atoms. The highest BCUT2D eigenvalue weighted by atomic mass is 32.1. The summed E-state index contributed by atoms with van der Waals surface area (Å²) in [5.74, 6) is 0. The third-order valence-corrected chi connectivity index (χ3v) is 8.15. The van der Waals surface area contributed by atoms with Crippen LogP contribution in [0.1, 0.15) is 50.0 Å². The molecule has 0 aromatic carbocycles. The molecule has 6 rings (SSSR count). The first kappa shape index (κ1) is 25.1. The van der Waals surface area contributed by atoms with Gasteiger partial charge in [0, 0.05) is 55.4 Å². The summed E-state index contributed by atoms with van der Waals surface area (Å²) in [6.45, 7) is 10.5. The fraction of sp³-hybridized carbons (Fsp3) is 0.219. The molecule has 1 aliphatic carbocycles. The number of hydrogen-bond acceptors (Lipinski definition) is 5. The van der Waals surface area contributed by atoms with Crippen LogP contribution < -0.4 is 5.32 Å². The molecule has 5 aromatic heterocycles. The minimum absolute atomic E-state index is 0.680. The number of aryl methyl sites for hydroxylation is 1. The normalized spacial score (nSPS) is 13.9. The van der Waals surface area contributed by atoms with Gasteiger partial charge in [-0.2, -0.15) is 5.10 Å². The summed E-state index contributed by atoms with van der Waals surface area (Å²) in [4.78, 5) is 15.3. The zero-order chi connectivity index (χ0) is 26.9. The molecule has 7 heteroatoms. The van der Waals surface area contributed by atoms with Gasteiger partial charge in [0.1, 0.15) is 5.65 Å². The van der Waals surface area contributed by atoms with E-state index in [9.17, 15) is 0 Å². The molecular weight excluding hydrogens is 500 g/mol. The van der Waals surface area contributed by atoms with Gasteiger partial charge in [0.05, 0.1) is 11.4 Å².